The van der Waals surface area contributed by atoms with Gasteiger partial charge in [-0.1, -0.05) is 48.5 Å². The average Bonchev–Trinajstić information content (AvgIpc) is 3.39. The molecule has 41 heavy (non-hydrogen) atoms. The van der Waals surface area contributed by atoms with Gasteiger partial charge in [-0.2, -0.15) is 0 Å². The predicted octanol–water partition coefficient (Wildman–Crippen LogP) is -0.136. The van der Waals surface area contributed by atoms with Gasteiger partial charge in [0.25, 0.3) is 11.8 Å². The molecule has 0 aliphatic carbocycles. The first-order valence-electron chi connectivity index (χ1n) is 13.7. The van der Waals surface area contributed by atoms with Crippen LogP contribution < -0.4 is 26.3 Å². The highest BCUT2D eigenvalue weighted by molar-refractivity contribution is 6.58. The molecule has 6 rings (SSSR count). The second kappa shape index (κ2) is 12.8. The van der Waals surface area contributed by atoms with E-state index in [-0.39, 0.29) is 23.9 Å². The molecule has 0 atom stereocenters. The summed E-state index contributed by atoms with van der Waals surface area (Å²) in [6.07, 6.45) is 2.77. The van der Waals surface area contributed by atoms with E-state index in [2.05, 4.69) is 25.8 Å². The number of nitrogens with one attached hydrogen (secondary N) is 3. The first-order chi connectivity index (χ1) is 19.5. The van der Waals surface area contributed by atoms with Gasteiger partial charge < -0.3 is 30.5 Å². The highest BCUT2D eigenvalue weighted by Crippen LogP contribution is 2.32. The Labute approximate surface area is 239 Å². The molecule has 4 fully saturated rings. The van der Waals surface area contributed by atoms with Gasteiger partial charge in [-0.25, -0.2) is 14.5 Å². The fourth-order valence-corrected chi connectivity index (χ4v) is 5.28. The second-order valence-electron chi connectivity index (χ2n) is 10.9. The van der Waals surface area contributed by atoms with Crippen LogP contribution in [0.5, 0.6) is 0 Å². The van der Waals surface area contributed by atoms with Crippen LogP contribution >= 0.6 is 0 Å². The second-order valence-corrected chi connectivity index (χ2v) is 10.9. The zero-order valence-electron chi connectivity index (χ0n) is 23.4. The van der Waals surface area contributed by atoms with Crippen molar-refractivity contribution in [1.82, 2.24) is 25.8 Å². The van der Waals surface area contributed by atoms with Gasteiger partial charge in [0.2, 0.25) is 0 Å². The number of nitrogens with zero attached hydrogens (tertiary/aromatic N) is 3. The number of hydrogen-bond donors (Lipinski definition) is 5. The number of benzene rings is 2. The molecule has 2 aromatic rings. The van der Waals surface area contributed by atoms with Crippen LogP contribution in [0.1, 0.15) is 25.7 Å². The zero-order valence-corrected chi connectivity index (χ0v) is 23.4. The number of imide groups is 2. The van der Waals surface area contributed by atoms with E-state index in [4.69, 9.17) is 10.0 Å². The van der Waals surface area contributed by atoms with Gasteiger partial charge in [0.05, 0.1) is 5.69 Å². The van der Waals surface area contributed by atoms with E-state index in [1.807, 2.05) is 38.4 Å². The summed E-state index contributed by atoms with van der Waals surface area (Å²) in [6.45, 7) is 3.37. The van der Waals surface area contributed by atoms with Crippen LogP contribution in [-0.4, -0.2) is 102 Å². The van der Waals surface area contributed by atoms with Gasteiger partial charge >= 0.3 is 19.2 Å². The molecule has 2 spiro atoms. The molecule has 0 saturated carbocycles. The van der Waals surface area contributed by atoms with E-state index in [0.29, 0.717) is 36.8 Å². The number of likely N-dealkylation sites (tertiary alicyclic amines) is 2. The van der Waals surface area contributed by atoms with E-state index in [1.54, 1.807) is 36.4 Å². The minimum absolute atomic E-state index is 0.114. The molecule has 0 radical (unpaired) electrons. The number of amides is 6. The number of carbonyl (C=O) groups excluding carboxylic acids is 4. The monoisotopic (exact) mass is 564 g/mol. The molecule has 4 aliphatic heterocycles. The number of urea groups is 2. The summed E-state index contributed by atoms with van der Waals surface area (Å²) in [6, 6.07) is 17.1. The molecule has 218 valence electrons. The quantitative estimate of drug-likeness (QED) is 0.250. The van der Waals surface area contributed by atoms with Gasteiger partial charge in [0.1, 0.15) is 11.1 Å². The Morgan fingerprint density at radius 1 is 0.707 bits per heavy atom. The number of piperidine rings is 2. The van der Waals surface area contributed by atoms with Crippen molar-refractivity contribution >= 4 is 42.1 Å². The average molecular weight is 564 g/mol. The summed E-state index contributed by atoms with van der Waals surface area (Å²) < 4.78 is 0. The minimum atomic E-state index is -1.34. The number of carbonyl (C=O) groups is 4. The first kappa shape index (κ1) is 30.2. The lowest BCUT2D eigenvalue weighted by atomic mass is 9.81. The molecule has 2 aromatic carbocycles. The van der Waals surface area contributed by atoms with Crippen molar-refractivity contribution in [1.29, 1.82) is 0 Å². The van der Waals surface area contributed by atoms with Gasteiger partial charge in [-0.05, 0) is 57.4 Å². The fraction of sp³-hybridized carbons (Fsp3) is 0.429. The third kappa shape index (κ3) is 6.93. The molecular weight excluding hydrogens is 527 g/mol. The molecule has 12 nitrogen and oxygen atoms in total. The first-order valence-corrected chi connectivity index (χ1v) is 13.7. The maximum atomic E-state index is 12.6. The summed E-state index contributed by atoms with van der Waals surface area (Å²) in [4.78, 5) is 52.8. The Morgan fingerprint density at radius 2 is 1.20 bits per heavy atom. The van der Waals surface area contributed by atoms with Crippen LogP contribution in [0.25, 0.3) is 0 Å². The Hall–Kier alpha value is -3.78. The summed E-state index contributed by atoms with van der Waals surface area (Å²) in [5.41, 5.74) is -0.137. The van der Waals surface area contributed by atoms with E-state index in [1.165, 1.54) is 4.90 Å². The minimum Gasteiger partial charge on any atom is -0.423 e. The Kier molecular flexibility index (Phi) is 9.44. The lowest BCUT2D eigenvalue weighted by Crippen LogP contribution is -2.54. The van der Waals surface area contributed by atoms with Crippen LogP contribution in [0, 0.1) is 0 Å². The zero-order chi connectivity index (χ0) is 29.6. The summed E-state index contributed by atoms with van der Waals surface area (Å²) >= 11 is 0. The molecular formula is C28H37BN6O6. The summed E-state index contributed by atoms with van der Waals surface area (Å²) in [7, 11) is 2.70. The molecule has 4 saturated heterocycles. The number of hydrogen-bond acceptors (Lipinski definition) is 8. The van der Waals surface area contributed by atoms with Gasteiger partial charge in [-0.15, -0.1) is 0 Å². The maximum absolute atomic E-state index is 12.6. The van der Waals surface area contributed by atoms with Gasteiger partial charge in [-0.3, -0.25) is 14.9 Å². The number of anilines is 1. The van der Waals surface area contributed by atoms with Crippen LogP contribution in [0.3, 0.4) is 0 Å². The van der Waals surface area contributed by atoms with Crippen molar-refractivity contribution in [2.45, 2.75) is 36.8 Å². The summed E-state index contributed by atoms with van der Waals surface area (Å²) in [5.74, 6) is -0.276. The molecule has 0 aromatic heterocycles. The van der Waals surface area contributed by atoms with Crippen LogP contribution in [0.4, 0.5) is 15.3 Å². The fourth-order valence-electron chi connectivity index (χ4n) is 5.28. The largest absolute Gasteiger partial charge is 0.488 e. The van der Waals surface area contributed by atoms with E-state index in [9.17, 15) is 19.2 Å². The van der Waals surface area contributed by atoms with Crippen molar-refractivity contribution in [3.8, 4) is 0 Å². The topological polar surface area (TPSA) is 155 Å². The number of para-hydroxylation sites is 1. The van der Waals surface area contributed by atoms with E-state index >= 15 is 0 Å². The Bertz CT molecular complexity index is 1230. The predicted molar refractivity (Wildman–Crippen MR) is 154 cm³/mol. The SMILES string of the molecule is CN1CCC2(CC1)NC(=O)N(c1ccccc1)C2=O.CN1CCC2(CC1)NC(=O)NC2=O.OB(O)c1ccccc1. The Morgan fingerprint density at radius 3 is 1.63 bits per heavy atom. The van der Waals surface area contributed by atoms with Crippen molar-refractivity contribution in [3.63, 3.8) is 0 Å². The van der Waals surface area contributed by atoms with Crippen molar-refractivity contribution in [3.05, 3.63) is 60.7 Å². The molecule has 0 unspecified atom stereocenters. The van der Waals surface area contributed by atoms with Crippen molar-refractivity contribution < 1.29 is 29.2 Å². The third-order valence-corrected chi connectivity index (χ3v) is 7.97. The molecule has 4 aliphatic rings. The van der Waals surface area contributed by atoms with Crippen LogP contribution in [-0.2, 0) is 9.59 Å². The van der Waals surface area contributed by atoms with Crippen molar-refractivity contribution in [2.24, 2.45) is 0 Å². The lowest BCUT2D eigenvalue weighted by Gasteiger charge is -2.35. The summed E-state index contributed by atoms with van der Waals surface area (Å²) in [5, 5.41) is 25.1. The highest BCUT2D eigenvalue weighted by atomic mass is 16.4. The molecule has 4 heterocycles. The van der Waals surface area contributed by atoms with Gasteiger partial charge in [0.15, 0.2) is 0 Å². The molecule has 13 heteroatoms. The third-order valence-electron chi connectivity index (χ3n) is 7.97. The van der Waals surface area contributed by atoms with Crippen LogP contribution in [0.15, 0.2) is 60.7 Å². The number of rotatable bonds is 2. The molecule has 6 amide bonds. The van der Waals surface area contributed by atoms with Crippen molar-refractivity contribution in [2.75, 3.05) is 45.2 Å². The normalized spacial score (nSPS) is 21.3. The van der Waals surface area contributed by atoms with E-state index in [0.717, 1.165) is 26.2 Å². The standard InChI is InChI=1S/C14H17N3O2.C8H13N3O2.C6H7BO2/c1-16-9-7-14(8-10-16)12(18)17(13(19)15-14)11-5-3-2-4-6-11;1-11-4-2-8(3-5-11)6(12)9-7(13)10-8;8-7(9)6-4-2-1-3-5-6/h2-6H,7-10H2,1H3,(H,15,19);2-5H2,1H3,(H2,9,10,12,13);1-5,8-9H. The smallest absolute Gasteiger partial charge is 0.423 e. The Balaban J connectivity index is 0.000000153. The van der Waals surface area contributed by atoms with Crippen LogP contribution in [0.2, 0.25) is 0 Å². The highest BCUT2D eigenvalue weighted by Gasteiger charge is 2.52. The molecule has 5 N–H and O–H groups in total. The van der Waals surface area contributed by atoms with E-state index < -0.39 is 18.2 Å². The lowest BCUT2D eigenvalue weighted by molar-refractivity contribution is -0.125. The molecule has 0 bridgehead atoms. The van der Waals surface area contributed by atoms with Gasteiger partial charge in [0, 0.05) is 26.2 Å². The maximum Gasteiger partial charge on any atom is 0.488 e.